The van der Waals surface area contributed by atoms with Gasteiger partial charge in [0.15, 0.2) is 5.82 Å². The smallest absolute Gasteiger partial charge is 0.219 e. The summed E-state index contributed by atoms with van der Waals surface area (Å²) < 4.78 is 9.63. The van der Waals surface area contributed by atoms with Gasteiger partial charge in [0.1, 0.15) is 0 Å². The predicted octanol–water partition coefficient (Wildman–Crippen LogP) is 3.18. The molecular formula is C26H33N7O2. The van der Waals surface area contributed by atoms with E-state index in [1.54, 1.807) is 6.92 Å². The highest BCUT2D eigenvalue weighted by molar-refractivity contribution is 5.83. The minimum Gasteiger partial charge on any atom is -0.382 e. The molecule has 2 aromatic heterocycles. The summed E-state index contributed by atoms with van der Waals surface area (Å²) in [4.78, 5) is 16.5. The summed E-state index contributed by atoms with van der Waals surface area (Å²) in [7, 11) is 1.94. The van der Waals surface area contributed by atoms with Crippen LogP contribution in [0.15, 0.2) is 30.6 Å². The van der Waals surface area contributed by atoms with Gasteiger partial charge in [0.05, 0.1) is 24.1 Å². The fourth-order valence-electron chi connectivity index (χ4n) is 5.56. The number of carbonyl (C=O) groups is 1. The third-order valence-electron chi connectivity index (χ3n) is 7.56. The Kier molecular flexibility index (Phi) is 5.72. The van der Waals surface area contributed by atoms with E-state index in [0.717, 1.165) is 87.0 Å². The van der Waals surface area contributed by atoms with Crippen LogP contribution in [0, 0.1) is 5.92 Å². The van der Waals surface area contributed by atoms with Gasteiger partial charge < -0.3 is 19.9 Å². The summed E-state index contributed by atoms with van der Waals surface area (Å²) in [5.41, 5.74) is 6.94. The summed E-state index contributed by atoms with van der Waals surface area (Å²) in [6, 6.07) is 6.53. The van der Waals surface area contributed by atoms with E-state index in [1.807, 2.05) is 29.0 Å². The molecule has 0 bridgehead atoms. The summed E-state index contributed by atoms with van der Waals surface area (Å²) in [6.45, 7) is 7.34. The first-order valence-corrected chi connectivity index (χ1v) is 12.6. The Morgan fingerprint density at radius 1 is 1.26 bits per heavy atom. The second-order valence-corrected chi connectivity index (χ2v) is 9.89. The molecule has 3 aliphatic rings. The molecule has 1 fully saturated rings. The summed E-state index contributed by atoms with van der Waals surface area (Å²) in [6.07, 6.45) is 7.00. The number of aryl methyl sites for hydroxylation is 2. The van der Waals surface area contributed by atoms with Crippen LogP contribution in [0.25, 0.3) is 11.1 Å². The van der Waals surface area contributed by atoms with Crippen LogP contribution in [0.2, 0.25) is 0 Å². The number of amides is 1. The van der Waals surface area contributed by atoms with Gasteiger partial charge in [-0.1, -0.05) is 6.07 Å². The predicted molar refractivity (Wildman–Crippen MR) is 135 cm³/mol. The number of hydrogen-bond acceptors (Lipinski definition) is 6. The molecule has 0 aliphatic carbocycles. The Morgan fingerprint density at radius 3 is 2.94 bits per heavy atom. The monoisotopic (exact) mass is 475 g/mol. The quantitative estimate of drug-likeness (QED) is 0.611. The van der Waals surface area contributed by atoms with E-state index >= 15 is 0 Å². The molecule has 0 saturated carbocycles. The van der Waals surface area contributed by atoms with Crippen LogP contribution in [0.5, 0.6) is 0 Å². The topological polar surface area (TPSA) is 80.5 Å². The number of nitrogens with zero attached hydrogens (tertiary/aromatic N) is 6. The van der Waals surface area contributed by atoms with Crippen LogP contribution >= 0.6 is 0 Å². The van der Waals surface area contributed by atoms with E-state index in [4.69, 9.17) is 9.84 Å². The molecular weight excluding hydrogens is 442 g/mol. The lowest BCUT2D eigenvalue weighted by atomic mass is 10.0. The van der Waals surface area contributed by atoms with Gasteiger partial charge in [-0.05, 0) is 36.5 Å². The molecule has 1 N–H and O–H groups in total. The molecule has 0 spiro atoms. The third-order valence-corrected chi connectivity index (χ3v) is 7.56. The first-order chi connectivity index (χ1) is 17.1. The molecule has 1 atom stereocenters. The number of benzene rings is 1. The standard InChI is InChI=1S/C26H33N7O2/c1-18(34)31-9-6-24-22(16-31)26(29-33(24)10-5-19-7-12-35-17-19)32-11-8-27-23-13-20(3-4-25(23)32)21-14-28-30(2)15-21/h3-4,13-15,19,27H,5-12,16-17H2,1-2H3/t19-/m0/s1. The lowest BCUT2D eigenvalue weighted by Crippen LogP contribution is -2.36. The van der Waals surface area contributed by atoms with E-state index < -0.39 is 0 Å². The molecule has 3 aromatic rings. The average molecular weight is 476 g/mol. The Bertz CT molecular complexity index is 1240. The van der Waals surface area contributed by atoms with Crippen molar-refractivity contribution in [3.63, 3.8) is 0 Å². The van der Waals surface area contributed by atoms with Crippen LogP contribution in [-0.2, 0) is 36.1 Å². The molecule has 0 radical (unpaired) electrons. The zero-order chi connectivity index (χ0) is 23.9. The number of hydrogen-bond donors (Lipinski definition) is 1. The maximum absolute atomic E-state index is 12.2. The molecule has 1 saturated heterocycles. The molecule has 9 nitrogen and oxygen atoms in total. The fourth-order valence-corrected chi connectivity index (χ4v) is 5.56. The van der Waals surface area contributed by atoms with Crippen molar-refractivity contribution in [1.82, 2.24) is 24.5 Å². The van der Waals surface area contributed by atoms with E-state index in [0.29, 0.717) is 12.5 Å². The van der Waals surface area contributed by atoms with Crippen molar-refractivity contribution in [2.75, 3.05) is 43.1 Å². The van der Waals surface area contributed by atoms with Crippen molar-refractivity contribution in [1.29, 1.82) is 0 Å². The van der Waals surface area contributed by atoms with E-state index in [1.165, 1.54) is 11.3 Å². The van der Waals surface area contributed by atoms with Crippen molar-refractivity contribution < 1.29 is 9.53 Å². The Balaban J connectivity index is 1.35. The first kappa shape index (κ1) is 22.2. The average Bonchev–Trinajstić information content (AvgIpc) is 3.62. The molecule has 1 amide bonds. The van der Waals surface area contributed by atoms with Gasteiger partial charge >= 0.3 is 0 Å². The van der Waals surface area contributed by atoms with Gasteiger partial charge in [0, 0.05) is 82.8 Å². The zero-order valence-electron chi connectivity index (χ0n) is 20.5. The van der Waals surface area contributed by atoms with E-state index in [-0.39, 0.29) is 5.91 Å². The minimum absolute atomic E-state index is 0.124. The van der Waals surface area contributed by atoms with Gasteiger partial charge in [0.2, 0.25) is 5.91 Å². The minimum atomic E-state index is 0.124. The highest BCUT2D eigenvalue weighted by Gasteiger charge is 2.31. The van der Waals surface area contributed by atoms with Crippen molar-refractivity contribution in [3.8, 4) is 11.1 Å². The molecule has 184 valence electrons. The van der Waals surface area contributed by atoms with Crippen LogP contribution in [0.3, 0.4) is 0 Å². The van der Waals surface area contributed by atoms with Crippen molar-refractivity contribution in [2.45, 2.75) is 39.3 Å². The first-order valence-electron chi connectivity index (χ1n) is 12.6. The molecule has 5 heterocycles. The van der Waals surface area contributed by atoms with Gasteiger partial charge in [-0.2, -0.15) is 10.2 Å². The van der Waals surface area contributed by atoms with E-state index in [2.05, 4.69) is 38.2 Å². The molecule has 35 heavy (non-hydrogen) atoms. The molecule has 0 unspecified atom stereocenters. The Hall–Kier alpha value is -3.33. The van der Waals surface area contributed by atoms with Crippen molar-refractivity contribution in [2.24, 2.45) is 13.0 Å². The summed E-state index contributed by atoms with van der Waals surface area (Å²) in [5, 5.41) is 13.1. The lowest BCUT2D eigenvalue weighted by Gasteiger charge is -2.33. The number of rotatable bonds is 5. The highest BCUT2D eigenvalue weighted by Crippen LogP contribution is 2.40. The number of ether oxygens (including phenoxy) is 1. The maximum Gasteiger partial charge on any atom is 0.219 e. The zero-order valence-corrected chi connectivity index (χ0v) is 20.5. The number of carbonyl (C=O) groups excluding carboxylic acids is 1. The molecule has 3 aliphatic heterocycles. The normalized spacial score (nSPS) is 19.4. The van der Waals surface area contributed by atoms with Crippen molar-refractivity contribution in [3.05, 3.63) is 41.9 Å². The molecule has 1 aromatic carbocycles. The van der Waals surface area contributed by atoms with Gasteiger partial charge in [-0.3, -0.25) is 14.2 Å². The number of fused-ring (bicyclic) bond motifs is 2. The lowest BCUT2D eigenvalue weighted by molar-refractivity contribution is -0.129. The fraction of sp³-hybridized carbons (Fsp3) is 0.500. The third kappa shape index (κ3) is 4.18. The number of aromatic nitrogens is 4. The Morgan fingerprint density at radius 2 is 2.17 bits per heavy atom. The highest BCUT2D eigenvalue weighted by atomic mass is 16.5. The van der Waals surface area contributed by atoms with Gasteiger partial charge in [-0.25, -0.2) is 0 Å². The summed E-state index contributed by atoms with van der Waals surface area (Å²) in [5.74, 6) is 1.73. The number of anilines is 3. The van der Waals surface area contributed by atoms with Gasteiger partial charge in [-0.15, -0.1) is 0 Å². The van der Waals surface area contributed by atoms with Crippen molar-refractivity contribution >= 4 is 23.1 Å². The largest absolute Gasteiger partial charge is 0.382 e. The Labute approximate surface area is 205 Å². The SMILES string of the molecule is CC(=O)N1CCc2c(c(N3CCNc4cc(-c5cnn(C)c5)ccc43)nn2CC[C@H]2CCOC2)C1. The van der Waals surface area contributed by atoms with Crippen LogP contribution < -0.4 is 10.2 Å². The van der Waals surface area contributed by atoms with Crippen LogP contribution in [0.4, 0.5) is 17.2 Å². The second kappa shape index (κ2) is 9.03. The van der Waals surface area contributed by atoms with Crippen LogP contribution in [-0.4, -0.2) is 63.2 Å². The van der Waals surface area contributed by atoms with Gasteiger partial charge in [0.25, 0.3) is 0 Å². The maximum atomic E-state index is 12.2. The van der Waals surface area contributed by atoms with E-state index in [9.17, 15) is 4.79 Å². The second-order valence-electron chi connectivity index (χ2n) is 9.89. The summed E-state index contributed by atoms with van der Waals surface area (Å²) >= 11 is 0. The molecule has 9 heteroatoms. The molecule has 6 rings (SSSR count). The van der Waals surface area contributed by atoms with Crippen LogP contribution in [0.1, 0.15) is 31.0 Å². The number of nitrogens with one attached hydrogen (secondary N) is 1.